The van der Waals surface area contributed by atoms with E-state index in [4.69, 9.17) is 11.6 Å². The summed E-state index contributed by atoms with van der Waals surface area (Å²) < 4.78 is 1.82. The predicted molar refractivity (Wildman–Crippen MR) is 127 cm³/mol. The Hall–Kier alpha value is -3.15. The number of halogens is 1. The second-order valence-electron chi connectivity index (χ2n) is 8.40. The van der Waals surface area contributed by atoms with Crippen LogP contribution in [-0.2, 0) is 0 Å². The fourth-order valence-electron chi connectivity index (χ4n) is 4.02. The molecule has 1 atom stereocenters. The zero-order chi connectivity index (χ0) is 22.2. The van der Waals surface area contributed by atoms with Crippen LogP contribution < -0.4 is 5.32 Å². The normalized spacial score (nSPS) is 14.5. The molecule has 2 N–H and O–H groups in total. The third kappa shape index (κ3) is 4.01. The smallest absolute Gasteiger partial charge is 0.254 e. The van der Waals surface area contributed by atoms with Gasteiger partial charge in [0.25, 0.3) is 5.91 Å². The molecule has 1 saturated carbocycles. The summed E-state index contributed by atoms with van der Waals surface area (Å²) in [4.78, 5) is 13.0. The number of aliphatic hydroxyl groups is 1. The first-order valence-electron chi connectivity index (χ1n) is 10.8. The molecule has 0 radical (unpaired) electrons. The van der Waals surface area contributed by atoms with Crippen molar-refractivity contribution < 1.29 is 9.90 Å². The van der Waals surface area contributed by atoms with Crippen molar-refractivity contribution in [2.45, 2.75) is 31.8 Å². The van der Waals surface area contributed by atoms with E-state index in [0.29, 0.717) is 16.5 Å². The van der Waals surface area contributed by atoms with Crippen molar-refractivity contribution in [1.82, 2.24) is 15.1 Å². The molecule has 0 spiro atoms. The van der Waals surface area contributed by atoms with E-state index in [0.717, 1.165) is 46.1 Å². The van der Waals surface area contributed by atoms with Gasteiger partial charge in [0.15, 0.2) is 0 Å². The van der Waals surface area contributed by atoms with E-state index in [2.05, 4.69) is 10.4 Å². The molecule has 1 aliphatic carbocycles. The van der Waals surface area contributed by atoms with Crippen LogP contribution in [0.5, 0.6) is 0 Å². The van der Waals surface area contributed by atoms with Gasteiger partial charge in [-0.3, -0.25) is 4.79 Å². The predicted octanol–water partition coefficient (Wildman–Crippen LogP) is 5.33. The van der Waals surface area contributed by atoms with Crippen LogP contribution in [0.3, 0.4) is 0 Å². The lowest BCUT2D eigenvalue weighted by molar-refractivity contribution is 0.0915. The summed E-state index contributed by atoms with van der Waals surface area (Å²) in [5.41, 5.74) is 4.07. The molecule has 1 heterocycles. The van der Waals surface area contributed by atoms with Gasteiger partial charge in [-0.15, -0.1) is 0 Å². The molecule has 0 bridgehead atoms. The molecule has 6 heteroatoms. The molecule has 32 heavy (non-hydrogen) atoms. The van der Waals surface area contributed by atoms with Gasteiger partial charge in [0.1, 0.15) is 0 Å². The summed E-state index contributed by atoms with van der Waals surface area (Å²) in [6.45, 7) is 2.08. The molecular weight excluding hydrogens is 422 g/mol. The molecule has 1 amide bonds. The number of nitrogens with zero attached hydrogens (tertiary/aromatic N) is 2. The monoisotopic (exact) mass is 445 g/mol. The average Bonchev–Trinajstić information content (AvgIpc) is 3.56. The van der Waals surface area contributed by atoms with E-state index >= 15 is 0 Å². The van der Waals surface area contributed by atoms with E-state index in [1.165, 1.54) is 0 Å². The Bertz CT molecular complexity index is 1310. The quantitative estimate of drug-likeness (QED) is 0.421. The highest BCUT2D eigenvalue weighted by atomic mass is 35.5. The van der Waals surface area contributed by atoms with Gasteiger partial charge in [0.05, 0.1) is 29.2 Å². The topological polar surface area (TPSA) is 67.2 Å². The van der Waals surface area contributed by atoms with Gasteiger partial charge in [-0.1, -0.05) is 54.1 Å². The van der Waals surface area contributed by atoms with Crippen LogP contribution >= 0.6 is 11.6 Å². The minimum atomic E-state index is -0.793. The minimum absolute atomic E-state index is 0.128. The first-order chi connectivity index (χ1) is 15.5. The van der Waals surface area contributed by atoms with E-state index in [1.807, 2.05) is 72.3 Å². The van der Waals surface area contributed by atoms with E-state index in [-0.39, 0.29) is 12.5 Å². The molecular formula is C26H24ClN3O2. The molecule has 1 fully saturated rings. The van der Waals surface area contributed by atoms with Crippen LogP contribution in [0.2, 0.25) is 5.02 Å². The maximum Gasteiger partial charge on any atom is 0.254 e. The summed E-state index contributed by atoms with van der Waals surface area (Å²) in [7, 11) is 0. The summed E-state index contributed by atoms with van der Waals surface area (Å²) in [6.07, 6.45) is 2.88. The molecule has 1 aliphatic rings. The van der Waals surface area contributed by atoms with Crippen LogP contribution in [0.4, 0.5) is 0 Å². The Morgan fingerprint density at radius 2 is 1.94 bits per heavy atom. The minimum Gasteiger partial charge on any atom is -0.387 e. The van der Waals surface area contributed by atoms with E-state index in [9.17, 15) is 9.90 Å². The Balaban J connectivity index is 1.35. The zero-order valence-corrected chi connectivity index (χ0v) is 18.5. The van der Waals surface area contributed by atoms with E-state index < -0.39 is 6.10 Å². The molecule has 5 rings (SSSR count). The van der Waals surface area contributed by atoms with Crippen molar-refractivity contribution in [1.29, 1.82) is 0 Å². The third-order valence-electron chi connectivity index (χ3n) is 6.03. The Kier molecular flexibility index (Phi) is 5.45. The highest BCUT2D eigenvalue weighted by molar-refractivity contribution is 6.31. The van der Waals surface area contributed by atoms with Crippen molar-refractivity contribution in [3.63, 3.8) is 0 Å². The van der Waals surface area contributed by atoms with Gasteiger partial charge >= 0.3 is 0 Å². The summed E-state index contributed by atoms with van der Waals surface area (Å²) >= 11 is 6.31. The molecule has 5 nitrogen and oxygen atoms in total. The number of carbonyl (C=O) groups is 1. The lowest BCUT2D eigenvalue weighted by atomic mass is 10.0. The van der Waals surface area contributed by atoms with Gasteiger partial charge in [-0.2, -0.15) is 5.10 Å². The van der Waals surface area contributed by atoms with Crippen molar-refractivity contribution >= 4 is 28.3 Å². The highest BCUT2D eigenvalue weighted by Crippen LogP contribution is 2.42. The first-order valence-corrected chi connectivity index (χ1v) is 11.2. The number of aromatic nitrogens is 2. The SMILES string of the molecule is Cc1ccc(-n2ncc(C(=O)NCC(O)c3ccc4ccccc4c3)c2C2CC2)cc1Cl. The summed E-state index contributed by atoms with van der Waals surface area (Å²) in [5, 5.41) is 20.9. The van der Waals surface area contributed by atoms with Crippen molar-refractivity contribution in [2.75, 3.05) is 6.54 Å². The molecule has 1 aromatic heterocycles. The van der Waals surface area contributed by atoms with Crippen LogP contribution in [0, 0.1) is 6.92 Å². The zero-order valence-electron chi connectivity index (χ0n) is 17.8. The maximum absolute atomic E-state index is 13.0. The number of fused-ring (bicyclic) bond motifs is 1. The number of hydrogen-bond acceptors (Lipinski definition) is 3. The van der Waals surface area contributed by atoms with Crippen molar-refractivity contribution in [2.24, 2.45) is 0 Å². The number of aryl methyl sites for hydroxylation is 1. The first kappa shape index (κ1) is 20.7. The Morgan fingerprint density at radius 1 is 1.16 bits per heavy atom. The van der Waals surface area contributed by atoms with Crippen LogP contribution in [0.15, 0.2) is 66.9 Å². The summed E-state index contributed by atoms with van der Waals surface area (Å²) in [6, 6.07) is 19.6. The lowest BCUT2D eigenvalue weighted by Gasteiger charge is -2.14. The van der Waals surface area contributed by atoms with Gasteiger partial charge in [-0.25, -0.2) is 4.68 Å². The Labute approximate surface area is 191 Å². The van der Waals surface area contributed by atoms with Gasteiger partial charge in [0.2, 0.25) is 0 Å². The average molecular weight is 446 g/mol. The van der Waals surface area contributed by atoms with Crippen LogP contribution in [-0.4, -0.2) is 27.3 Å². The standard InChI is InChI=1S/C26H24ClN3O2/c1-16-6-11-21(13-23(16)27)30-25(18-8-9-18)22(14-29-30)26(32)28-15-24(31)20-10-7-17-4-2-3-5-19(17)12-20/h2-7,10-14,18,24,31H,8-9,15H2,1H3,(H,28,32). The molecule has 1 unspecified atom stereocenters. The second kappa shape index (κ2) is 8.41. The maximum atomic E-state index is 13.0. The third-order valence-corrected chi connectivity index (χ3v) is 6.44. The second-order valence-corrected chi connectivity index (χ2v) is 8.80. The number of nitrogens with one attached hydrogen (secondary N) is 1. The van der Waals surface area contributed by atoms with Gasteiger partial charge in [0, 0.05) is 17.5 Å². The number of carbonyl (C=O) groups excluding carboxylic acids is 1. The van der Waals surface area contributed by atoms with Crippen molar-refractivity contribution in [3.8, 4) is 5.69 Å². The lowest BCUT2D eigenvalue weighted by Crippen LogP contribution is -2.29. The number of benzene rings is 3. The molecule has 4 aromatic rings. The fraction of sp³-hybridized carbons (Fsp3) is 0.231. The van der Waals surface area contributed by atoms with Crippen LogP contribution in [0.1, 0.15) is 52.0 Å². The highest BCUT2D eigenvalue weighted by Gasteiger charge is 2.33. The molecule has 3 aromatic carbocycles. The number of hydrogen-bond donors (Lipinski definition) is 2. The number of amides is 1. The molecule has 0 saturated heterocycles. The van der Waals surface area contributed by atoms with Crippen LogP contribution in [0.25, 0.3) is 16.5 Å². The number of aliphatic hydroxyl groups excluding tert-OH is 1. The van der Waals surface area contributed by atoms with E-state index in [1.54, 1.807) is 6.20 Å². The summed E-state index contributed by atoms with van der Waals surface area (Å²) in [5.74, 6) is 0.0833. The largest absolute Gasteiger partial charge is 0.387 e. The fourth-order valence-corrected chi connectivity index (χ4v) is 4.19. The number of rotatable bonds is 6. The van der Waals surface area contributed by atoms with Gasteiger partial charge in [-0.05, 0) is 59.9 Å². The molecule has 162 valence electrons. The molecule has 0 aliphatic heterocycles. The Morgan fingerprint density at radius 3 is 2.69 bits per heavy atom. The van der Waals surface area contributed by atoms with Crippen molar-refractivity contribution in [3.05, 3.63) is 94.3 Å². The van der Waals surface area contributed by atoms with Gasteiger partial charge < -0.3 is 10.4 Å².